The predicted molar refractivity (Wildman–Crippen MR) is 441 cm³/mol. The third-order valence-corrected chi connectivity index (χ3v) is 29.8. The van der Waals surface area contributed by atoms with Gasteiger partial charge in [-0.15, -0.1) is 0 Å². The lowest BCUT2D eigenvalue weighted by Crippen LogP contribution is -2.56. The Morgan fingerprint density at radius 3 is 1.11 bits per heavy atom. The summed E-state index contributed by atoms with van der Waals surface area (Å²) in [5.41, 5.74) is 6.81. The fourth-order valence-corrected chi connectivity index (χ4v) is 23.8. The number of esters is 6. The molecule has 8 aromatic rings. The lowest BCUT2D eigenvalue weighted by Gasteiger charge is -2.56. The summed E-state index contributed by atoms with van der Waals surface area (Å²) in [6.45, 7) is 22.0. The summed E-state index contributed by atoms with van der Waals surface area (Å²) in [6, 6.07) is 45.4. The van der Waals surface area contributed by atoms with E-state index in [1.165, 1.54) is 76.1 Å². The molecule has 0 N–H and O–H groups in total. The third kappa shape index (κ3) is 14.0. The van der Waals surface area contributed by atoms with Crippen LogP contribution in [0.4, 0.5) is 0 Å². The Hall–Kier alpha value is -8.64. The second-order valence-electron chi connectivity index (χ2n) is 37.4. The molecule has 4 unspecified atom stereocenters. The number of allylic oxidation sites excluding steroid dienone is 2. The lowest BCUT2D eigenvalue weighted by molar-refractivity contribution is -0.195. The largest absolute Gasteiger partial charge is 0.462 e. The minimum Gasteiger partial charge on any atom is -0.462 e. The van der Waals surface area contributed by atoms with Gasteiger partial charge in [0.1, 0.15) is 35.6 Å². The molecule has 14 aliphatic carbocycles. The van der Waals surface area contributed by atoms with Crippen LogP contribution in [0.1, 0.15) is 218 Å². The van der Waals surface area contributed by atoms with Crippen LogP contribution in [0.5, 0.6) is 0 Å². The molecule has 0 heterocycles. The number of hydrogen-bond acceptors (Lipinski definition) is 12. The first-order valence-corrected chi connectivity index (χ1v) is 43.0. The van der Waals surface area contributed by atoms with Crippen molar-refractivity contribution in [2.45, 2.75) is 221 Å². The number of rotatable bonds is 18. The van der Waals surface area contributed by atoms with Crippen LogP contribution in [0.25, 0.3) is 66.0 Å². The fourth-order valence-electron chi connectivity index (χ4n) is 23.8. The van der Waals surface area contributed by atoms with E-state index in [4.69, 9.17) is 28.4 Å². The summed E-state index contributed by atoms with van der Waals surface area (Å²) in [7, 11) is 0. The van der Waals surface area contributed by atoms with Crippen molar-refractivity contribution in [2.24, 2.45) is 107 Å². The van der Waals surface area contributed by atoms with Crippen LogP contribution >= 0.6 is 0 Å². The van der Waals surface area contributed by atoms with E-state index in [0.717, 1.165) is 126 Å². The van der Waals surface area contributed by atoms with Gasteiger partial charge in [-0.2, -0.15) is 0 Å². The molecule has 4 atom stereocenters. The average Bonchev–Trinajstić information content (AvgIpc) is 0.745. The Morgan fingerprint density at radius 1 is 0.366 bits per heavy atom. The first kappa shape index (κ1) is 76.0. The second kappa shape index (κ2) is 30.3. The number of benzene rings is 8. The van der Waals surface area contributed by atoms with Crippen LogP contribution in [0.3, 0.4) is 0 Å². The number of hydrogen-bond donors (Lipinski definition) is 0. The van der Waals surface area contributed by atoms with E-state index in [9.17, 15) is 28.8 Å². The van der Waals surface area contributed by atoms with Crippen molar-refractivity contribution in [2.75, 3.05) is 0 Å². The lowest BCUT2D eigenvalue weighted by atomic mass is 9.50. The van der Waals surface area contributed by atoms with Crippen molar-refractivity contribution in [1.82, 2.24) is 0 Å². The van der Waals surface area contributed by atoms with Gasteiger partial charge in [0, 0.05) is 0 Å². The topological polar surface area (TPSA) is 158 Å². The molecule has 0 aliphatic heterocycles. The monoisotopic (exact) mass is 1510 g/mol. The minimum atomic E-state index is -0.749. The van der Waals surface area contributed by atoms with Crippen LogP contribution in [0.2, 0.25) is 0 Å². The molecule has 0 amide bonds. The zero-order chi connectivity index (χ0) is 77.9. The Morgan fingerprint density at radius 2 is 0.714 bits per heavy atom. The van der Waals surface area contributed by atoms with Gasteiger partial charge in [-0.3, -0.25) is 28.8 Å². The zero-order valence-corrected chi connectivity index (χ0v) is 67.6. The Kier molecular flexibility index (Phi) is 20.6. The number of carbonyl (C=O) groups is 6. The molecule has 12 heteroatoms. The highest BCUT2D eigenvalue weighted by molar-refractivity contribution is 6.25. The van der Waals surface area contributed by atoms with Gasteiger partial charge in [-0.05, 0) is 338 Å². The minimum absolute atomic E-state index is 0.0125. The number of carbonyl (C=O) groups excluding carboxylic acids is 6. The standard InChI is InChI=1S/C37H40O4.C32H38O4.C31H36O4/c1-5-21(2)35(38)40-34-24-16-22-17-25(34)19-23(18-24)33(22)36(39)41-37(3,4)26-14-15-31-29-12-7-6-10-27(29)28-11-8-9-13-30(28)32(31)20-26;1-5-18(2)30(33)35-29-24-12-22-13-25(29)15-23(14-24)28(22)31(34)36-32(3,4)26-16-20-10-6-8-19-9-7-11-21(17-26)27(19)20;1-4-17(2)30(32)35-29-25-13-23-14-26(29)16-24(15-25)28(23)31(33)34-18(3)22-11-20-9-5-7-19-8-6-10-21(12-22)27(19)20/h6-15,20-25,33-34H,5,16-19H2,1-4H3;6-8,10-11,16-18,22-25,28-29H,5,9,12-15H2,1-4H3;5-7,9-12,17-18,23-26,28-29H,4,8,13-16H2,1-3H3. The van der Waals surface area contributed by atoms with Gasteiger partial charge in [0.05, 0.1) is 35.5 Å². The van der Waals surface area contributed by atoms with Gasteiger partial charge < -0.3 is 28.4 Å². The molecule has 8 aromatic carbocycles. The molecule has 0 spiro atoms. The number of fused-ring (bicyclic) bond motifs is 6. The zero-order valence-electron chi connectivity index (χ0n) is 67.6. The normalized spacial score (nSPS) is 30.1. The Labute approximate surface area is 661 Å². The van der Waals surface area contributed by atoms with Crippen LogP contribution < -0.4 is 0 Å². The van der Waals surface area contributed by atoms with E-state index in [1.54, 1.807) is 0 Å². The fraction of sp³-hybridized carbons (Fsp3) is 0.520. The highest BCUT2D eigenvalue weighted by atomic mass is 16.6. The highest BCUT2D eigenvalue weighted by Crippen LogP contribution is 2.62. The Balaban J connectivity index is 0.000000122. The van der Waals surface area contributed by atoms with Crippen molar-refractivity contribution >= 4 is 102 Å². The van der Waals surface area contributed by atoms with Gasteiger partial charge in [0.15, 0.2) is 0 Å². The van der Waals surface area contributed by atoms with Crippen molar-refractivity contribution < 1.29 is 57.2 Å². The van der Waals surface area contributed by atoms with Crippen molar-refractivity contribution in [3.8, 4) is 0 Å². The molecule has 12 nitrogen and oxygen atoms in total. The van der Waals surface area contributed by atoms with E-state index < -0.39 is 11.2 Å². The molecule has 0 aromatic heterocycles. The molecule has 112 heavy (non-hydrogen) atoms. The van der Waals surface area contributed by atoms with Crippen LogP contribution in [-0.2, 0) is 81.2 Å². The Bertz CT molecular complexity index is 4960. The SMILES string of the molecule is CCC(C)C(=O)OC1C2CC3CC1CC(C2)C3C(=O)OC(C)(C)c1cc2c3c(cccc3c1)CC=C2.CCC(C)C(=O)OC1C2CC3CC1CC(C2)C3C(=O)OC(C)(C)c1ccc2c3ccccc3c3ccccc3c2c1.CCC(C)C(=O)OC1C2CC3CC1CC(C2)C3C(=O)OC(C)c1cc2c3c(cccc3c1)CC=C2. The molecule has 12 saturated carbocycles. The van der Waals surface area contributed by atoms with Gasteiger partial charge in [-0.25, -0.2) is 0 Å². The first-order valence-electron chi connectivity index (χ1n) is 43.0. The molecular formula is C100H114O12. The first-order chi connectivity index (χ1) is 53.9. The van der Waals surface area contributed by atoms with E-state index >= 15 is 0 Å². The predicted octanol–water partition coefficient (Wildman–Crippen LogP) is 22.0. The van der Waals surface area contributed by atoms with E-state index in [-0.39, 0.29) is 95.7 Å². The van der Waals surface area contributed by atoms with Crippen molar-refractivity contribution in [3.05, 3.63) is 178 Å². The van der Waals surface area contributed by atoms with Crippen LogP contribution in [-0.4, -0.2) is 54.1 Å². The van der Waals surface area contributed by atoms with Crippen molar-refractivity contribution in [1.29, 1.82) is 0 Å². The molecule has 0 radical (unpaired) electrons. The molecule has 0 saturated heterocycles. The third-order valence-electron chi connectivity index (χ3n) is 29.8. The second-order valence-corrected chi connectivity index (χ2v) is 37.4. The van der Waals surface area contributed by atoms with Crippen LogP contribution in [0.15, 0.2) is 140 Å². The molecular weight excluding hydrogens is 1390 g/mol. The number of ether oxygens (including phenoxy) is 6. The van der Waals surface area contributed by atoms with E-state index in [2.05, 4.69) is 152 Å². The maximum absolute atomic E-state index is 13.9. The van der Waals surface area contributed by atoms with Crippen molar-refractivity contribution in [3.63, 3.8) is 0 Å². The summed E-state index contributed by atoms with van der Waals surface area (Å²) in [4.78, 5) is 78.5. The maximum atomic E-state index is 13.9. The summed E-state index contributed by atoms with van der Waals surface area (Å²) in [5, 5.41) is 12.4. The summed E-state index contributed by atoms with van der Waals surface area (Å²) < 4.78 is 37.0. The van der Waals surface area contributed by atoms with E-state index in [1.807, 2.05) is 76.2 Å². The summed E-state index contributed by atoms with van der Waals surface area (Å²) in [6.07, 6.45) is 24.7. The molecule has 22 rings (SSSR count). The molecule has 12 fully saturated rings. The smallest absolute Gasteiger partial charge is 0.310 e. The van der Waals surface area contributed by atoms with Gasteiger partial charge in [0.2, 0.25) is 0 Å². The summed E-state index contributed by atoms with van der Waals surface area (Å²) in [5.74, 6) is 3.90. The average molecular weight is 1510 g/mol. The highest BCUT2D eigenvalue weighted by Gasteiger charge is 2.60. The van der Waals surface area contributed by atoms with Crippen LogP contribution in [0, 0.1) is 107 Å². The molecule has 14 aliphatic rings. The molecule has 12 bridgehead atoms. The maximum Gasteiger partial charge on any atom is 0.310 e. The summed E-state index contributed by atoms with van der Waals surface area (Å²) >= 11 is 0. The molecule has 586 valence electrons. The van der Waals surface area contributed by atoms with Gasteiger partial charge in [0.25, 0.3) is 0 Å². The van der Waals surface area contributed by atoms with Gasteiger partial charge in [-0.1, -0.05) is 163 Å². The van der Waals surface area contributed by atoms with E-state index in [0.29, 0.717) is 71.0 Å². The quantitative estimate of drug-likeness (QED) is 0.0455. The van der Waals surface area contributed by atoms with Gasteiger partial charge >= 0.3 is 35.8 Å².